The molecule has 0 heterocycles. The lowest BCUT2D eigenvalue weighted by atomic mass is 9.87. The van der Waals surface area contributed by atoms with Crippen molar-refractivity contribution in [2.24, 2.45) is 0 Å². The lowest BCUT2D eigenvalue weighted by Gasteiger charge is -2.16. The van der Waals surface area contributed by atoms with Gasteiger partial charge >= 0.3 is 0 Å². The van der Waals surface area contributed by atoms with Crippen LogP contribution in [0.15, 0.2) is 67.8 Å². The summed E-state index contributed by atoms with van der Waals surface area (Å²) in [5, 5.41) is 5.21. The van der Waals surface area contributed by atoms with Crippen LogP contribution >= 0.6 is 0 Å². The van der Waals surface area contributed by atoms with Gasteiger partial charge in [-0.25, -0.2) is 0 Å². The molecule has 0 saturated carbocycles. The van der Waals surface area contributed by atoms with E-state index in [-0.39, 0.29) is 0 Å². The lowest BCUT2D eigenvalue weighted by Crippen LogP contribution is -1.95. The summed E-state index contributed by atoms with van der Waals surface area (Å²) in [4.78, 5) is 0. The van der Waals surface area contributed by atoms with Crippen LogP contribution in [0, 0.1) is 0 Å². The number of hydrogen-bond acceptors (Lipinski definition) is 0. The Morgan fingerprint density at radius 3 is 1.95 bits per heavy atom. The van der Waals surface area contributed by atoms with Crippen molar-refractivity contribution in [2.75, 3.05) is 0 Å². The molecule has 0 aliphatic rings. The molecule has 0 N–H and O–H groups in total. The standard InChI is InChI=1S/C20H18/c1-4-9-18-16-11-6-5-10-15(16)17-12-7-8-13-19(17)20(18)14(2)3/h4-8,10-13H,1-2,9H2,3H3. The first-order valence-electron chi connectivity index (χ1n) is 6.93. The maximum atomic E-state index is 4.19. The summed E-state index contributed by atoms with van der Waals surface area (Å²) in [5.41, 5.74) is 3.73. The fraction of sp³-hybridized carbons (Fsp3) is 0.100. The topological polar surface area (TPSA) is 0 Å². The molecule has 3 aromatic rings. The van der Waals surface area contributed by atoms with E-state index in [0.29, 0.717) is 0 Å². The molecule has 3 aromatic carbocycles. The van der Waals surface area contributed by atoms with E-state index < -0.39 is 0 Å². The average Bonchev–Trinajstić information content (AvgIpc) is 2.47. The molecular formula is C20H18. The van der Waals surface area contributed by atoms with E-state index in [1.807, 2.05) is 6.08 Å². The molecule has 0 aromatic heterocycles. The quantitative estimate of drug-likeness (QED) is 0.414. The highest BCUT2D eigenvalue weighted by Gasteiger charge is 2.13. The summed E-state index contributed by atoms with van der Waals surface area (Å²) in [6.07, 6.45) is 2.84. The van der Waals surface area contributed by atoms with Crippen molar-refractivity contribution in [3.63, 3.8) is 0 Å². The molecule has 0 unspecified atom stereocenters. The Morgan fingerprint density at radius 1 is 0.900 bits per heavy atom. The molecule has 0 amide bonds. The second kappa shape index (κ2) is 4.97. The minimum atomic E-state index is 0.869. The molecule has 0 heteroatoms. The van der Waals surface area contributed by atoms with Crippen molar-refractivity contribution in [3.05, 3.63) is 78.9 Å². The second-order valence-electron chi connectivity index (χ2n) is 5.22. The highest BCUT2D eigenvalue weighted by atomic mass is 14.2. The minimum Gasteiger partial charge on any atom is -0.103 e. The normalized spacial score (nSPS) is 10.8. The first-order chi connectivity index (χ1) is 9.74. The predicted octanol–water partition coefficient (Wildman–Crippen LogP) is 5.75. The number of fused-ring (bicyclic) bond motifs is 3. The van der Waals surface area contributed by atoms with Crippen LogP contribution in [0.25, 0.3) is 27.1 Å². The van der Waals surface area contributed by atoms with Gasteiger partial charge < -0.3 is 0 Å². The molecule has 3 rings (SSSR count). The van der Waals surface area contributed by atoms with E-state index in [1.54, 1.807) is 0 Å². The van der Waals surface area contributed by atoms with Crippen molar-refractivity contribution in [3.8, 4) is 0 Å². The third-order valence-corrected chi connectivity index (χ3v) is 3.82. The molecule has 0 atom stereocenters. The van der Waals surface area contributed by atoms with Crippen LogP contribution in [-0.4, -0.2) is 0 Å². The second-order valence-corrected chi connectivity index (χ2v) is 5.22. The Labute approximate surface area is 120 Å². The molecule has 0 aliphatic carbocycles. The van der Waals surface area contributed by atoms with Gasteiger partial charge in [-0.2, -0.15) is 0 Å². The Bertz CT molecular complexity index is 822. The van der Waals surface area contributed by atoms with Crippen molar-refractivity contribution in [1.29, 1.82) is 0 Å². The number of allylic oxidation sites excluding steroid dienone is 2. The summed E-state index contributed by atoms with van der Waals surface area (Å²) in [5.74, 6) is 0. The molecule has 20 heavy (non-hydrogen) atoms. The van der Waals surface area contributed by atoms with Gasteiger partial charge in [-0.05, 0) is 46.0 Å². The van der Waals surface area contributed by atoms with Gasteiger partial charge in [0.1, 0.15) is 0 Å². The molecule has 0 nitrogen and oxygen atoms in total. The number of benzene rings is 3. The Balaban J connectivity index is 2.61. The molecular weight excluding hydrogens is 240 g/mol. The van der Waals surface area contributed by atoms with E-state index in [9.17, 15) is 0 Å². The van der Waals surface area contributed by atoms with Gasteiger partial charge in [0.2, 0.25) is 0 Å². The maximum absolute atomic E-state index is 4.19. The Hall–Kier alpha value is -2.34. The van der Waals surface area contributed by atoms with Crippen LogP contribution in [0.4, 0.5) is 0 Å². The Kier molecular flexibility index (Phi) is 3.15. The van der Waals surface area contributed by atoms with Crippen molar-refractivity contribution >= 4 is 27.1 Å². The van der Waals surface area contributed by atoms with Gasteiger partial charge in [0.05, 0.1) is 0 Å². The monoisotopic (exact) mass is 258 g/mol. The molecule has 0 spiro atoms. The maximum Gasteiger partial charge on any atom is -0.00877 e. The van der Waals surface area contributed by atoms with Crippen LogP contribution in [0.1, 0.15) is 18.1 Å². The van der Waals surface area contributed by atoms with E-state index >= 15 is 0 Å². The molecule has 0 radical (unpaired) electrons. The predicted molar refractivity (Wildman–Crippen MR) is 90.1 cm³/mol. The third kappa shape index (κ3) is 1.85. The summed E-state index contributed by atoms with van der Waals surface area (Å²) >= 11 is 0. The smallest absolute Gasteiger partial charge is 0.00877 e. The summed E-state index contributed by atoms with van der Waals surface area (Å²) in [6.45, 7) is 10.2. The minimum absolute atomic E-state index is 0.869. The van der Waals surface area contributed by atoms with Crippen molar-refractivity contribution in [1.82, 2.24) is 0 Å². The van der Waals surface area contributed by atoms with Gasteiger partial charge in [-0.1, -0.05) is 66.8 Å². The molecule has 98 valence electrons. The van der Waals surface area contributed by atoms with E-state index in [0.717, 1.165) is 12.0 Å². The number of rotatable bonds is 3. The molecule has 0 saturated heterocycles. The number of hydrogen-bond donors (Lipinski definition) is 0. The largest absolute Gasteiger partial charge is 0.103 e. The van der Waals surface area contributed by atoms with Gasteiger partial charge in [-0.15, -0.1) is 6.58 Å². The summed E-state index contributed by atoms with van der Waals surface area (Å²) < 4.78 is 0. The fourth-order valence-corrected chi connectivity index (χ4v) is 3.06. The first-order valence-corrected chi connectivity index (χ1v) is 6.93. The summed E-state index contributed by atoms with van der Waals surface area (Å²) in [7, 11) is 0. The Morgan fingerprint density at radius 2 is 1.40 bits per heavy atom. The van der Waals surface area contributed by atoms with Crippen LogP contribution in [0.3, 0.4) is 0 Å². The zero-order valence-electron chi connectivity index (χ0n) is 11.8. The van der Waals surface area contributed by atoms with Crippen molar-refractivity contribution < 1.29 is 0 Å². The zero-order chi connectivity index (χ0) is 14.1. The first kappa shape index (κ1) is 12.7. The van der Waals surface area contributed by atoms with Gasteiger partial charge in [-0.3, -0.25) is 0 Å². The highest BCUT2D eigenvalue weighted by molar-refractivity contribution is 6.13. The van der Waals surface area contributed by atoms with Crippen molar-refractivity contribution in [2.45, 2.75) is 13.3 Å². The molecule has 0 aliphatic heterocycles. The van der Waals surface area contributed by atoms with E-state index in [4.69, 9.17) is 0 Å². The highest BCUT2D eigenvalue weighted by Crippen LogP contribution is 2.36. The molecule has 0 fully saturated rings. The van der Waals surface area contributed by atoms with Gasteiger partial charge in [0.25, 0.3) is 0 Å². The van der Waals surface area contributed by atoms with Crippen LogP contribution in [0.5, 0.6) is 0 Å². The van der Waals surface area contributed by atoms with E-state index in [2.05, 4.69) is 68.6 Å². The third-order valence-electron chi connectivity index (χ3n) is 3.82. The van der Waals surface area contributed by atoms with E-state index in [1.165, 1.54) is 32.7 Å². The SMILES string of the molecule is C=CCc1c(C(=C)C)c2ccccc2c2ccccc12. The van der Waals surface area contributed by atoms with Crippen LogP contribution in [0.2, 0.25) is 0 Å². The van der Waals surface area contributed by atoms with Crippen LogP contribution < -0.4 is 0 Å². The van der Waals surface area contributed by atoms with Crippen LogP contribution in [-0.2, 0) is 6.42 Å². The fourth-order valence-electron chi connectivity index (χ4n) is 3.06. The van der Waals surface area contributed by atoms with Gasteiger partial charge in [0.15, 0.2) is 0 Å². The average molecular weight is 258 g/mol. The molecule has 0 bridgehead atoms. The zero-order valence-corrected chi connectivity index (χ0v) is 11.8. The summed E-state index contributed by atoms with van der Waals surface area (Å²) in [6, 6.07) is 17.2. The lowest BCUT2D eigenvalue weighted by molar-refractivity contribution is 1.30. The van der Waals surface area contributed by atoms with Gasteiger partial charge in [0, 0.05) is 0 Å².